The van der Waals surface area contributed by atoms with Gasteiger partial charge in [-0.25, -0.2) is 14.8 Å². The first-order chi connectivity index (χ1) is 16.1. The van der Waals surface area contributed by atoms with E-state index < -0.39 is 0 Å². The summed E-state index contributed by atoms with van der Waals surface area (Å²) in [5.41, 5.74) is 0.138. The highest BCUT2D eigenvalue weighted by Crippen LogP contribution is 2.25. The van der Waals surface area contributed by atoms with Crippen LogP contribution in [0.25, 0.3) is 0 Å². The number of piperidine rings is 1. The number of hydrogen-bond donors (Lipinski definition) is 3. The SMILES string of the molecule is O=C(NC1CCN(C(=O)NC2CCCCC2)CC1)c1nccnc1NC(=O)C1CCCCC1. The van der Waals surface area contributed by atoms with Crippen LogP contribution < -0.4 is 16.0 Å². The van der Waals surface area contributed by atoms with Gasteiger partial charge in [0.2, 0.25) is 5.91 Å². The van der Waals surface area contributed by atoms with Crippen LogP contribution in [0.15, 0.2) is 12.4 Å². The Morgan fingerprint density at radius 2 is 1.36 bits per heavy atom. The van der Waals surface area contributed by atoms with Crippen molar-refractivity contribution < 1.29 is 14.4 Å². The lowest BCUT2D eigenvalue weighted by Gasteiger charge is -2.34. The van der Waals surface area contributed by atoms with E-state index in [1.54, 1.807) is 0 Å². The van der Waals surface area contributed by atoms with Crippen LogP contribution in [-0.2, 0) is 4.79 Å². The second kappa shape index (κ2) is 11.4. The molecule has 33 heavy (non-hydrogen) atoms. The predicted molar refractivity (Wildman–Crippen MR) is 125 cm³/mol. The first kappa shape index (κ1) is 23.4. The number of nitrogens with one attached hydrogen (secondary N) is 3. The maximum atomic E-state index is 12.9. The maximum Gasteiger partial charge on any atom is 0.317 e. The highest BCUT2D eigenvalue weighted by Gasteiger charge is 2.28. The van der Waals surface area contributed by atoms with Crippen molar-refractivity contribution in [3.63, 3.8) is 0 Å². The zero-order chi connectivity index (χ0) is 23.0. The average Bonchev–Trinajstić information content (AvgIpc) is 2.86. The van der Waals surface area contributed by atoms with Crippen LogP contribution in [0.3, 0.4) is 0 Å². The van der Waals surface area contributed by atoms with E-state index in [2.05, 4.69) is 25.9 Å². The predicted octanol–water partition coefficient (Wildman–Crippen LogP) is 3.23. The lowest BCUT2D eigenvalue weighted by Crippen LogP contribution is -2.51. The minimum atomic E-state index is -0.341. The summed E-state index contributed by atoms with van der Waals surface area (Å²) in [5, 5.41) is 9.01. The molecule has 9 nitrogen and oxygen atoms in total. The Morgan fingerprint density at radius 1 is 0.758 bits per heavy atom. The van der Waals surface area contributed by atoms with E-state index in [9.17, 15) is 14.4 Å². The number of amides is 4. The van der Waals surface area contributed by atoms with Crippen molar-refractivity contribution in [2.24, 2.45) is 5.92 Å². The van der Waals surface area contributed by atoms with Crippen molar-refractivity contribution >= 4 is 23.7 Å². The minimum absolute atomic E-state index is 0.00770. The average molecular weight is 457 g/mol. The summed E-state index contributed by atoms with van der Waals surface area (Å²) in [6, 6.07) is 0.260. The van der Waals surface area contributed by atoms with E-state index in [0.29, 0.717) is 32.0 Å². The molecule has 1 aliphatic heterocycles. The molecule has 1 aromatic rings. The molecule has 0 spiro atoms. The van der Waals surface area contributed by atoms with E-state index in [4.69, 9.17) is 0 Å². The Labute approximate surface area is 195 Å². The zero-order valence-electron chi connectivity index (χ0n) is 19.4. The number of aromatic nitrogens is 2. The highest BCUT2D eigenvalue weighted by molar-refractivity contribution is 6.01. The summed E-state index contributed by atoms with van der Waals surface area (Å²) >= 11 is 0. The Kier molecular flexibility index (Phi) is 8.12. The molecule has 2 saturated carbocycles. The van der Waals surface area contributed by atoms with Crippen molar-refractivity contribution in [3.05, 3.63) is 18.1 Å². The number of likely N-dealkylation sites (tertiary alicyclic amines) is 1. The molecule has 0 aromatic carbocycles. The highest BCUT2D eigenvalue weighted by atomic mass is 16.2. The normalized spacial score (nSPS) is 20.8. The van der Waals surface area contributed by atoms with Crippen LogP contribution in [0.1, 0.15) is 87.5 Å². The Morgan fingerprint density at radius 3 is 2.06 bits per heavy atom. The molecule has 1 aromatic heterocycles. The van der Waals surface area contributed by atoms with Gasteiger partial charge in [0, 0.05) is 43.5 Å². The second-order valence-corrected chi connectivity index (χ2v) is 9.60. The molecule has 4 rings (SSSR count). The van der Waals surface area contributed by atoms with Gasteiger partial charge in [0.15, 0.2) is 11.5 Å². The van der Waals surface area contributed by atoms with E-state index >= 15 is 0 Å². The largest absolute Gasteiger partial charge is 0.348 e. The topological polar surface area (TPSA) is 116 Å². The first-order valence-electron chi connectivity index (χ1n) is 12.6. The number of nitrogens with zero attached hydrogens (tertiary/aromatic N) is 3. The fourth-order valence-electron chi connectivity index (χ4n) is 5.17. The standard InChI is InChI=1S/C24H36N6O3/c31-22(17-7-3-1-4-8-17)29-21-20(25-13-14-26-21)23(32)27-19-11-15-30(16-12-19)24(33)28-18-9-5-2-6-10-18/h13-14,17-19H,1-12,15-16H2,(H,27,32)(H,28,33)(H,26,29,31). The third kappa shape index (κ3) is 6.42. The van der Waals surface area contributed by atoms with Crippen LogP contribution in [0.2, 0.25) is 0 Å². The molecule has 3 fully saturated rings. The Bertz CT molecular complexity index is 827. The summed E-state index contributed by atoms with van der Waals surface area (Å²) in [6.07, 6.45) is 15.1. The van der Waals surface area contributed by atoms with Gasteiger partial charge in [0.1, 0.15) is 0 Å². The number of anilines is 1. The van der Waals surface area contributed by atoms with Gasteiger partial charge in [-0.3, -0.25) is 9.59 Å². The third-order valence-electron chi connectivity index (χ3n) is 7.18. The van der Waals surface area contributed by atoms with Crippen molar-refractivity contribution in [3.8, 4) is 0 Å². The van der Waals surface area contributed by atoms with Crippen molar-refractivity contribution in [2.45, 2.75) is 89.1 Å². The molecule has 9 heteroatoms. The van der Waals surface area contributed by atoms with Gasteiger partial charge in [0.05, 0.1) is 0 Å². The van der Waals surface area contributed by atoms with Crippen LogP contribution in [0.4, 0.5) is 10.6 Å². The van der Waals surface area contributed by atoms with Crippen molar-refractivity contribution in [1.82, 2.24) is 25.5 Å². The van der Waals surface area contributed by atoms with Gasteiger partial charge in [-0.1, -0.05) is 38.5 Å². The van der Waals surface area contributed by atoms with Gasteiger partial charge in [-0.15, -0.1) is 0 Å². The quantitative estimate of drug-likeness (QED) is 0.629. The fourth-order valence-corrected chi connectivity index (χ4v) is 5.17. The molecule has 1 saturated heterocycles. The molecule has 0 unspecified atom stereocenters. The third-order valence-corrected chi connectivity index (χ3v) is 7.18. The maximum absolute atomic E-state index is 12.9. The van der Waals surface area contributed by atoms with E-state index in [1.807, 2.05) is 4.90 Å². The van der Waals surface area contributed by atoms with Crippen LogP contribution >= 0.6 is 0 Å². The monoisotopic (exact) mass is 456 g/mol. The summed E-state index contributed by atoms with van der Waals surface area (Å²) in [4.78, 5) is 48.3. The van der Waals surface area contributed by atoms with E-state index in [-0.39, 0.29) is 41.3 Å². The molecule has 180 valence electrons. The molecule has 3 aliphatic rings. The lowest BCUT2D eigenvalue weighted by atomic mass is 9.89. The minimum Gasteiger partial charge on any atom is -0.348 e. The van der Waals surface area contributed by atoms with Gasteiger partial charge in [0.25, 0.3) is 5.91 Å². The van der Waals surface area contributed by atoms with Crippen LogP contribution in [0, 0.1) is 5.92 Å². The van der Waals surface area contributed by atoms with E-state index in [1.165, 1.54) is 38.1 Å². The number of rotatable bonds is 5. The molecule has 0 bridgehead atoms. The molecule has 3 N–H and O–H groups in total. The summed E-state index contributed by atoms with van der Waals surface area (Å²) < 4.78 is 0. The molecule has 2 heterocycles. The van der Waals surface area contributed by atoms with Crippen molar-refractivity contribution in [1.29, 1.82) is 0 Å². The fraction of sp³-hybridized carbons (Fsp3) is 0.708. The number of urea groups is 1. The second-order valence-electron chi connectivity index (χ2n) is 9.60. The van der Waals surface area contributed by atoms with Gasteiger partial charge in [-0.2, -0.15) is 0 Å². The molecular weight excluding hydrogens is 420 g/mol. The summed E-state index contributed by atoms with van der Waals surface area (Å²) in [7, 11) is 0. The summed E-state index contributed by atoms with van der Waals surface area (Å²) in [5.74, 6) is -0.232. The number of hydrogen-bond acceptors (Lipinski definition) is 5. The smallest absolute Gasteiger partial charge is 0.317 e. The number of carbonyl (C=O) groups is 3. The molecular formula is C24H36N6O3. The van der Waals surface area contributed by atoms with Gasteiger partial charge < -0.3 is 20.9 Å². The van der Waals surface area contributed by atoms with Gasteiger partial charge >= 0.3 is 6.03 Å². The zero-order valence-corrected chi connectivity index (χ0v) is 19.4. The Balaban J connectivity index is 1.27. The first-order valence-corrected chi connectivity index (χ1v) is 12.6. The van der Waals surface area contributed by atoms with E-state index in [0.717, 1.165) is 38.5 Å². The molecule has 0 atom stereocenters. The summed E-state index contributed by atoms with van der Waals surface area (Å²) in [6.45, 7) is 1.21. The number of carbonyl (C=O) groups excluding carboxylic acids is 3. The molecule has 2 aliphatic carbocycles. The Hall–Kier alpha value is -2.71. The molecule has 0 radical (unpaired) electrons. The van der Waals surface area contributed by atoms with Crippen LogP contribution in [-0.4, -0.2) is 57.9 Å². The molecule has 4 amide bonds. The van der Waals surface area contributed by atoms with Gasteiger partial charge in [-0.05, 0) is 38.5 Å². The van der Waals surface area contributed by atoms with Crippen molar-refractivity contribution in [2.75, 3.05) is 18.4 Å². The van der Waals surface area contributed by atoms with Crippen LogP contribution in [0.5, 0.6) is 0 Å². The lowest BCUT2D eigenvalue weighted by molar-refractivity contribution is -0.120.